The van der Waals surface area contributed by atoms with E-state index in [2.05, 4.69) is 12.2 Å². The monoisotopic (exact) mass is 346 g/mol. The molecule has 3 rings (SSSR count). The first-order valence-corrected chi connectivity index (χ1v) is 8.85. The molecule has 0 aromatic heterocycles. The maximum Gasteiger partial charge on any atom is 0.228 e. The lowest BCUT2D eigenvalue weighted by Gasteiger charge is -2.30. The van der Waals surface area contributed by atoms with Gasteiger partial charge in [-0.1, -0.05) is 6.92 Å². The number of hydrogen-bond donors (Lipinski definition) is 1. The molecule has 1 aliphatic heterocycles. The summed E-state index contributed by atoms with van der Waals surface area (Å²) in [5.41, 5.74) is 0.596. The molecule has 2 aliphatic rings. The number of carbonyl (C=O) groups excluding carboxylic acids is 2. The van der Waals surface area contributed by atoms with E-state index in [0.717, 1.165) is 25.9 Å². The Labute approximate surface area is 148 Å². The van der Waals surface area contributed by atoms with Gasteiger partial charge in [-0.15, -0.1) is 0 Å². The summed E-state index contributed by atoms with van der Waals surface area (Å²) in [4.78, 5) is 26.9. The van der Waals surface area contributed by atoms with Crippen molar-refractivity contribution in [2.75, 3.05) is 32.6 Å². The third-order valence-corrected chi connectivity index (χ3v) is 5.21. The summed E-state index contributed by atoms with van der Waals surface area (Å²) >= 11 is 0. The molecule has 1 N–H and O–H groups in total. The number of amides is 2. The summed E-state index contributed by atoms with van der Waals surface area (Å²) in [6, 6.07) is 5.24. The lowest BCUT2D eigenvalue weighted by atomic mass is 9.99. The van der Waals surface area contributed by atoms with E-state index in [1.54, 1.807) is 32.4 Å². The van der Waals surface area contributed by atoms with Gasteiger partial charge in [-0.25, -0.2) is 0 Å². The second-order valence-corrected chi connectivity index (χ2v) is 7.01. The van der Waals surface area contributed by atoms with E-state index in [0.29, 0.717) is 29.5 Å². The molecule has 1 aliphatic carbocycles. The van der Waals surface area contributed by atoms with E-state index in [9.17, 15) is 9.59 Å². The number of nitrogens with zero attached hydrogens (tertiary/aromatic N) is 1. The van der Waals surface area contributed by atoms with Gasteiger partial charge in [-0.05, 0) is 37.3 Å². The van der Waals surface area contributed by atoms with Crippen molar-refractivity contribution >= 4 is 17.5 Å². The molecule has 1 saturated carbocycles. The van der Waals surface area contributed by atoms with E-state index < -0.39 is 0 Å². The Kier molecular flexibility index (Phi) is 5.16. The molecule has 2 atom stereocenters. The Morgan fingerprint density at radius 3 is 2.48 bits per heavy atom. The Hall–Kier alpha value is -2.24. The Morgan fingerprint density at radius 1 is 1.12 bits per heavy atom. The number of piperidine rings is 1. The van der Waals surface area contributed by atoms with Crippen molar-refractivity contribution in [3.63, 3.8) is 0 Å². The zero-order valence-electron chi connectivity index (χ0n) is 15.1. The molecule has 136 valence electrons. The average molecular weight is 346 g/mol. The van der Waals surface area contributed by atoms with E-state index in [1.165, 1.54) is 0 Å². The molecular formula is C19H26N2O4. The van der Waals surface area contributed by atoms with Crippen molar-refractivity contribution < 1.29 is 19.1 Å². The molecule has 2 unspecified atom stereocenters. The summed E-state index contributed by atoms with van der Waals surface area (Å²) in [6.07, 6.45) is 2.74. The largest absolute Gasteiger partial charge is 0.497 e. The van der Waals surface area contributed by atoms with Crippen LogP contribution in [0.25, 0.3) is 0 Å². The maximum absolute atomic E-state index is 12.5. The molecule has 0 radical (unpaired) electrons. The molecule has 1 aromatic rings. The predicted molar refractivity (Wildman–Crippen MR) is 94.8 cm³/mol. The smallest absolute Gasteiger partial charge is 0.228 e. The number of ether oxygens (including phenoxy) is 2. The van der Waals surface area contributed by atoms with E-state index >= 15 is 0 Å². The first-order valence-electron chi connectivity index (χ1n) is 8.85. The minimum Gasteiger partial charge on any atom is -0.497 e. The third kappa shape index (κ3) is 3.89. The van der Waals surface area contributed by atoms with Crippen molar-refractivity contribution in [1.29, 1.82) is 0 Å². The number of likely N-dealkylation sites (tertiary alicyclic amines) is 1. The highest BCUT2D eigenvalue weighted by Gasteiger charge is 2.49. The van der Waals surface area contributed by atoms with Crippen LogP contribution < -0.4 is 14.8 Å². The molecule has 2 fully saturated rings. The van der Waals surface area contributed by atoms with Crippen LogP contribution in [0.1, 0.15) is 26.2 Å². The summed E-state index contributed by atoms with van der Waals surface area (Å²) in [6.45, 7) is 3.85. The number of anilines is 1. The molecule has 2 amide bonds. The van der Waals surface area contributed by atoms with Gasteiger partial charge in [0.15, 0.2) is 0 Å². The second kappa shape index (κ2) is 7.33. The lowest BCUT2D eigenvalue weighted by molar-refractivity contribution is -0.135. The zero-order chi connectivity index (χ0) is 18.0. The van der Waals surface area contributed by atoms with Crippen molar-refractivity contribution in [3.8, 4) is 11.5 Å². The lowest BCUT2D eigenvalue weighted by Crippen LogP contribution is -2.39. The molecule has 1 heterocycles. The molecule has 1 saturated heterocycles. The third-order valence-electron chi connectivity index (χ3n) is 5.21. The molecule has 0 spiro atoms. The van der Waals surface area contributed by atoms with Crippen LogP contribution in [-0.2, 0) is 9.59 Å². The van der Waals surface area contributed by atoms with E-state index in [1.807, 2.05) is 4.90 Å². The highest BCUT2D eigenvalue weighted by molar-refractivity contribution is 6.00. The van der Waals surface area contributed by atoms with Crippen molar-refractivity contribution in [2.45, 2.75) is 26.2 Å². The number of nitrogens with one attached hydrogen (secondary N) is 1. The first kappa shape index (κ1) is 17.6. The van der Waals surface area contributed by atoms with E-state index in [-0.39, 0.29) is 23.7 Å². The average Bonchev–Trinajstić information content (AvgIpc) is 3.43. The molecular weight excluding hydrogens is 320 g/mol. The SMILES string of the molecule is COc1ccc(NC(=O)C2CC2C(=O)N2CCC(C)CC2)c(OC)c1. The number of methoxy groups -OCH3 is 2. The van der Waals surface area contributed by atoms with Gasteiger partial charge in [-0.3, -0.25) is 9.59 Å². The first-order chi connectivity index (χ1) is 12.0. The second-order valence-electron chi connectivity index (χ2n) is 7.01. The van der Waals surface area contributed by atoms with Gasteiger partial charge in [0.2, 0.25) is 11.8 Å². The van der Waals surface area contributed by atoms with Crippen LogP contribution in [0.2, 0.25) is 0 Å². The maximum atomic E-state index is 12.5. The van der Waals surface area contributed by atoms with Crippen LogP contribution in [-0.4, -0.2) is 44.0 Å². The fourth-order valence-electron chi connectivity index (χ4n) is 3.35. The number of carbonyl (C=O) groups is 2. The van der Waals surface area contributed by atoms with Crippen LogP contribution in [0.3, 0.4) is 0 Å². The highest BCUT2D eigenvalue weighted by atomic mass is 16.5. The fraction of sp³-hybridized carbons (Fsp3) is 0.579. The van der Waals surface area contributed by atoms with Crippen LogP contribution >= 0.6 is 0 Å². The van der Waals surface area contributed by atoms with Crippen LogP contribution in [0.4, 0.5) is 5.69 Å². The molecule has 0 bridgehead atoms. The topological polar surface area (TPSA) is 67.9 Å². The normalized spacial score (nSPS) is 23.1. The number of benzene rings is 1. The summed E-state index contributed by atoms with van der Waals surface area (Å²) < 4.78 is 10.5. The van der Waals surface area contributed by atoms with Crippen molar-refractivity contribution in [1.82, 2.24) is 4.90 Å². The predicted octanol–water partition coefficient (Wildman–Crippen LogP) is 2.54. The molecule has 25 heavy (non-hydrogen) atoms. The van der Waals surface area contributed by atoms with Crippen LogP contribution in [0.15, 0.2) is 18.2 Å². The minimum absolute atomic E-state index is 0.118. The fourth-order valence-corrected chi connectivity index (χ4v) is 3.35. The minimum atomic E-state index is -0.237. The number of rotatable bonds is 5. The van der Waals surface area contributed by atoms with Gasteiger partial charge in [0.25, 0.3) is 0 Å². The summed E-state index contributed by atoms with van der Waals surface area (Å²) in [7, 11) is 3.13. The van der Waals surface area contributed by atoms with Gasteiger partial charge in [0.1, 0.15) is 11.5 Å². The van der Waals surface area contributed by atoms with Crippen molar-refractivity contribution in [3.05, 3.63) is 18.2 Å². The summed E-state index contributed by atoms with van der Waals surface area (Å²) in [5, 5.41) is 2.88. The molecule has 1 aromatic carbocycles. The van der Waals surface area contributed by atoms with Gasteiger partial charge in [0, 0.05) is 19.2 Å². The summed E-state index contributed by atoms with van der Waals surface area (Å²) in [5.74, 6) is 1.50. The number of hydrogen-bond acceptors (Lipinski definition) is 4. The Balaban J connectivity index is 1.57. The molecule has 6 nitrogen and oxygen atoms in total. The van der Waals surface area contributed by atoms with Crippen molar-refractivity contribution in [2.24, 2.45) is 17.8 Å². The van der Waals surface area contributed by atoms with E-state index in [4.69, 9.17) is 9.47 Å². The molecule has 6 heteroatoms. The Bertz CT molecular complexity index is 653. The standard InChI is InChI=1S/C19H26N2O4/c1-12-6-8-21(9-7-12)19(23)15-11-14(15)18(22)20-16-5-4-13(24-2)10-17(16)25-3/h4-5,10,12,14-15H,6-9,11H2,1-3H3,(H,20,22). The highest BCUT2D eigenvalue weighted by Crippen LogP contribution is 2.42. The van der Waals surface area contributed by atoms with Gasteiger partial charge in [-0.2, -0.15) is 0 Å². The van der Waals surface area contributed by atoms with Gasteiger partial charge < -0.3 is 19.7 Å². The quantitative estimate of drug-likeness (QED) is 0.890. The zero-order valence-corrected chi connectivity index (χ0v) is 15.1. The van der Waals surface area contributed by atoms with Gasteiger partial charge in [0.05, 0.1) is 31.7 Å². The Morgan fingerprint density at radius 2 is 1.84 bits per heavy atom. The van der Waals surface area contributed by atoms with Crippen LogP contribution in [0.5, 0.6) is 11.5 Å². The van der Waals surface area contributed by atoms with Gasteiger partial charge >= 0.3 is 0 Å². The van der Waals surface area contributed by atoms with Crippen LogP contribution in [0, 0.1) is 17.8 Å².